The molecular weight excluding hydrogens is 342 g/mol. The van der Waals surface area contributed by atoms with Crippen molar-refractivity contribution in [3.63, 3.8) is 0 Å². The summed E-state index contributed by atoms with van der Waals surface area (Å²) in [6, 6.07) is 8.31. The van der Waals surface area contributed by atoms with Crippen molar-refractivity contribution in [2.75, 3.05) is 6.26 Å². The van der Waals surface area contributed by atoms with Crippen LogP contribution >= 0.6 is 0 Å². The van der Waals surface area contributed by atoms with E-state index in [1.165, 1.54) is 11.9 Å². The number of fused-ring (bicyclic) bond motifs is 1. The standard InChI is InChI=1S/C16H21N3O.CH4O3S/c1-11(2)14-8-7-13(16(20)18-10-19-17)9-12-5-3-4-6-15(12)14;1-5(2,3)4/h3-6,9-11,14H,7-8,17H2,1-2H3,(H,18,19,20);1H3,(H,2,3,4). The molecule has 1 atom stereocenters. The molecule has 1 aliphatic rings. The lowest BCUT2D eigenvalue weighted by Gasteiger charge is -2.21. The average molecular weight is 367 g/mol. The lowest BCUT2D eigenvalue weighted by molar-refractivity contribution is -0.116. The first-order valence-electron chi connectivity index (χ1n) is 7.88. The molecule has 138 valence electrons. The summed E-state index contributed by atoms with van der Waals surface area (Å²) in [6.45, 7) is 4.46. The molecule has 1 aromatic carbocycles. The van der Waals surface area contributed by atoms with Crippen LogP contribution in [0, 0.1) is 5.92 Å². The summed E-state index contributed by atoms with van der Waals surface area (Å²) in [6.07, 6.45) is 5.67. The van der Waals surface area contributed by atoms with Crippen molar-refractivity contribution >= 4 is 28.4 Å². The van der Waals surface area contributed by atoms with E-state index in [4.69, 9.17) is 10.4 Å². The molecular formula is C17H25N3O4S. The number of rotatable bonds is 3. The van der Waals surface area contributed by atoms with Crippen molar-refractivity contribution in [2.45, 2.75) is 32.6 Å². The Balaban J connectivity index is 0.000000550. The average Bonchev–Trinajstić information content (AvgIpc) is 2.70. The molecule has 4 N–H and O–H groups in total. The zero-order valence-electron chi connectivity index (χ0n) is 14.6. The summed E-state index contributed by atoms with van der Waals surface area (Å²) in [5.41, 5.74) is 3.25. The number of benzene rings is 1. The van der Waals surface area contributed by atoms with Crippen molar-refractivity contribution in [1.29, 1.82) is 0 Å². The fraction of sp³-hybridized carbons (Fsp3) is 0.412. The molecule has 1 unspecified atom stereocenters. The number of hydrogen-bond donors (Lipinski definition) is 3. The van der Waals surface area contributed by atoms with Crippen LogP contribution < -0.4 is 11.2 Å². The highest BCUT2D eigenvalue weighted by Gasteiger charge is 2.23. The van der Waals surface area contributed by atoms with Crippen molar-refractivity contribution in [2.24, 2.45) is 16.9 Å². The summed E-state index contributed by atoms with van der Waals surface area (Å²) in [5, 5.41) is 5.88. The van der Waals surface area contributed by atoms with Gasteiger partial charge in [-0.2, -0.15) is 13.5 Å². The van der Waals surface area contributed by atoms with Gasteiger partial charge < -0.3 is 11.2 Å². The van der Waals surface area contributed by atoms with Gasteiger partial charge in [-0.1, -0.05) is 38.1 Å². The van der Waals surface area contributed by atoms with Crippen molar-refractivity contribution in [3.05, 3.63) is 41.0 Å². The van der Waals surface area contributed by atoms with Crippen LogP contribution in [0.4, 0.5) is 0 Å². The van der Waals surface area contributed by atoms with Gasteiger partial charge in [0.1, 0.15) is 6.34 Å². The Morgan fingerprint density at radius 2 is 2.00 bits per heavy atom. The molecule has 0 aliphatic heterocycles. The van der Waals surface area contributed by atoms with Crippen LogP contribution in [-0.2, 0) is 14.9 Å². The summed E-state index contributed by atoms with van der Waals surface area (Å²) < 4.78 is 25.9. The Kier molecular flexibility index (Phi) is 7.79. The topological polar surface area (TPSA) is 122 Å². The zero-order valence-corrected chi connectivity index (χ0v) is 15.5. The van der Waals surface area contributed by atoms with Crippen LogP contribution in [0.15, 0.2) is 34.9 Å². The highest BCUT2D eigenvalue weighted by molar-refractivity contribution is 7.85. The van der Waals surface area contributed by atoms with E-state index in [1.807, 2.05) is 12.1 Å². The number of carbonyl (C=O) groups is 1. The Morgan fingerprint density at radius 1 is 1.40 bits per heavy atom. The van der Waals surface area contributed by atoms with Gasteiger partial charge in [-0.15, -0.1) is 0 Å². The van der Waals surface area contributed by atoms with Crippen LogP contribution in [0.25, 0.3) is 6.08 Å². The van der Waals surface area contributed by atoms with E-state index in [9.17, 15) is 13.2 Å². The van der Waals surface area contributed by atoms with Gasteiger partial charge in [0.2, 0.25) is 0 Å². The highest BCUT2D eigenvalue weighted by atomic mass is 32.2. The fourth-order valence-electron chi connectivity index (χ4n) is 2.77. The number of hydrazone groups is 1. The third-order valence-electron chi connectivity index (χ3n) is 3.82. The van der Waals surface area contributed by atoms with Crippen LogP contribution in [-0.4, -0.2) is 31.5 Å². The lowest BCUT2D eigenvalue weighted by atomic mass is 9.84. The van der Waals surface area contributed by atoms with Gasteiger partial charge >= 0.3 is 0 Å². The molecule has 1 aromatic rings. The number of nitrogens with two attached hydrogens (primary N) is 1. The summed E-state index contributed by atoms with van der Waals surface area (Å²) in [7, 11) is -3.67. The lowest BCUT2D eigenvalue weighted by Crippen LogP contribution is -2.24. The first-order valence-corrected chi connectivity index (χ1v) is 9.72. The van der Waals surface area contributed by atoms with Crippen LogP contribution in [0.3, 0.4) is 0 Å². The van der Waals surface area contributed by atoms with Gasteiger partial charge in [0.05, 0.1) is 6.26 Å². The van der Waals surface area contributed by atoms with Crippen LogP contribution in [0.5, 0.6) is 0 Å². The Hall–Kier alpha value is -2.19. The molecule has 0 saturated carbocycles. The molecule has 0 spiro atoms. The largest absolute Gasteiger partial charge is 0.322 e. The predicted octanol–water partition coefficient (Wildman–Crippen LogP) is 2.13. The van der Waals surface area contributed by atoms with E-state index in [0.717, 1.165) is 24.0 Å². The second-order valence-electron chi connectivity index (χ2n) is 6.17. The van der Waals surface area contributed by atoms with E-state index in [2.05, 4.69) is 42.5 Å². The van der Waals surface area contributed by atoms with E-state index < -0.39 is 10.1 Å². The molecule has 0 aromatic heterocycles. The maximum absolute atomic E-state index is 12.1. The summed E-state index contributed by atoms with van der Waals surface area (Å²) in [4.78, 5) is 12.1. The number of nitrogens with one attached hydrogen (secondary N) is 1. The number of hydrogen-bond acceptors (Lipinski definition) is 5. The Bertz CT molecular complexity index is 747. The first kappa shape index (κ1) is 20.9. The molecule has 0 heterocycles. The SMILES string of the molecule is CC(C)C1CCC(C(=O)NC=NN)=Cc2ccccc21.CS(=O)(=O)O. The van der Waals surface area contributed by atoms with E-state index >= 15 is 0 Å². The number of amides is 1. The third kappa shape index (κ3) is 7.49. The summed E-state index contributed by atoms with van der Waals surface area (Å²) >= 11 is 0. The van der Waals surface area contributed by atoms with Crippen LogP contribution in [0.1, 0.15) is 43.7 Å². The minimum absolute atomic E-state index is 0.126. The van der Waals surface area contributed by atoms with Gasteiger partial charge in [0, 0.05) is 5.57 Å². The highest BCUT2D eigenvalue weighted by Crippen LogP contribution is 2.36. The van der Waals surface area contributed by atoms with E-state index in [1.54, 1.807) is 0 Å². The number of nitrogens with zero attached hydrogens (tertiary/aromatic N) is 1. The van der Waals surface area contributed by atoms with E-state index in [-0.39, 0.29) is 5.91 Å². The maximum Gasteiger partial charge on any atom is 0.261 e. The number of carbonyl (C=O) groups excluding carboxylic acids is 1. The molecule has 0 radical (unpaired) electrons. The Labute approximate surface area is 148 Å². The predicted molar refractivity (Wildman–Crippen MR) is 99.5 cm³/mol. The second kappa shape index (κ2) is 9.33. The normalized spacial score (nSPS) is 17.2. The molecule has 2 rings (SSSR count). The third-order valence-corrected chi connectivity index (χ3v) is 3.82. The molecule has 0 saturated heterocycles. The molecule has 0 bridgehead atoms. The van der Waals surface area contributed by atoms with Crippen LogP contribution in [0.2, 0.25) is 0 Å². The maximum atomic E-state index is 12.1. The van der Waals surface area contributed by atoms with Crippen molar-refractivity contribution in [3.8, 4) is 0 Å². The van der Waals surface area contributed by atoms with Crippen molar-refractivity contribution in [1.82, 2.24) is 5.32 Å². The zero-order chi connectivity index (χ0) is 19.0. The van der Waals surface area contributed by atoms with Crippen molar-refractivity contribution < 1.29 is 17.8 Å². The van der Waals surface area contributed by atoms with E-state index in [0.29, 0.717) is 18.1 Å². The monoisotopic (exact) mass is 367 g/mol. The summed E-state index contributed by atoms with van der Waals surface area (Å²) in [5.74, 6) is 5.92. The minimum Gasteiger partial charge on any atom is -0.322 e. The van der Waals surface area contributed by atoms with Gasteiger partial charge in [-0.25, -0.2) is 0 Å². The molecule has 0 fully saturated rings. The second-order valence-corrected chi connectivity index (χ2v) is 7.64. The molecule has 7 nitrogen and oxygen atoms in total. The van der Waals surface area contributed by atoms with Gasteiger partial charge in [0.25, 0.3) is 16.0 Å². The smallest absolute Gasteiger partial charge is 0.261 e. The Morgan fingerprint density at radius 3 is 2.56 bits per heavy atom. The molecule has 8 heteroatoms. The molecule has 1 aliphatic carbocycles. The molecule has 25 heavy (non-hydrogen) atoms. The van der Waals surface area contributed by atoms with Gasteiger partial charge in [-0.3, -0.25) is 9.35 Å². The quantitative estimate of drug-likeness (QED) is 0.248. The van der Waals surface area contributed by atoms with Gasteiger partial charge in [0.15, 0.2) is 0 Å². The van der Waals surface area contributed by atoms with Gasteiger partial charge in [-0.05, 0) is 41.9 Å². The molecule has 1 amide bonds. The fourth-order valence-corrected chi connectivity index (χ4v) is 2.77. The minimum atomic E-state index is -3.67. The first-order chi connectivity index (χ1) is 11.6.